The van der Waals surface area contributed by atoms with E-state index in [-0.39, 0.29) is 23.3 Å². The van der Waals surface area contributed by atoms with Crippen LogP contribution < -0.4 is 10.6 Å². The molecule has 2 amide bonds. The van der Waals surface area contributed by atoms with Gasteiger partial charge in [-0.1, -0.05) is 31.0 Å². The number of hydrogen-bond donors (Lipinski definition) is 3. The monoisotopic (exact) mass is 380 g/mol. The van der Waals surface area contributed by atoms with Gasteiger partial charge in [0.15, 0.2) is 0 Å². The van der Waals surface area contributed by atoms with Crippen molar-refractivity contribution in [2.24, 2.45) is 5.92 Å². The van der Waals surface area contributed by atoms with Gasteiger partial charge in [0.05, 0.1) is 5.56 Å². The molecule has 146 valence electrons. The van der Waals surface area contributed by atoms with Crippen LogP contribution in [0.5, 0.6) is 0 Å². The normalized spacial score (nSPS) is 13.9. The van der Waals surface area contributed by atoms with Gasteiger partial charge >= 0.3 is 5.97 Å². The summed E-state index contributed by atoms with van der Waals surface area (Å²) in [5.74, 6) is -1.12. The predicted molar refractivity (Wildman–Crippen MR) is 106 cm³/mol. The molecule has 0 heterocycles. The van der Waals surface area contributed by atoms with Crippen molar-refractivity contribution in [3.63, 3.8) is 0 Å². The number of hydrogen-bond acceptors (Lipinski definition) is 3. The molecule has 0 atom stereocenters. The second-order valence-corrected chi connectivity index (χ2v) is 7.19. The molecule has 0 radical (unpaired) electrons. The average Bonchev–Trinajstić information content (AvgIpc) is 3.23. The predicted octanol–water partition coefficient (Wildman–Crippen LogP) is 3.75. The van der Waals surface area contributed by atoms with E-state index in [1.807, 2.05) is 12.1 Å². The van der Waals surface area contributed by atoms with Crippen LogP contribution >= 0.6 is 0 Å². The Kier molecular flexibility index (Phi) is 6.09. The second kappa shape index (κ2) is 8.69. The van der Waals surface area contributed by atoms with Crippen LogP contribution in [0.2, 0.25) is 0 Å². The first kappa shape index (κ1) is 19.6. The number of aromatic carboxylic acids is 1. The molecule has 0 saturated heterocycles. The molecule has 3 N–H and O–H groups in total. The third-order valence-corrected chi connectivity index (χ3v) is 5.14. The van der Waals surface area contributed by atoms with E-state index in [0.717, 1.165) is 36.8 Å². The Bertz CT molecular complexity index is 884. The van der Waals surface area contributed by atoms with Gasteiger partial charge in [-0.25, -0.2) is 4.79 Å². The summed E-state index contributed by atoms with van der Waals surface area (Å²) in [6.45, 7) is 2.24. The van der Waals surface area contributed by atoms with Crippen molar-refractivity contribution in [2.45, 2.75) is 39.2 Å². The van der Waals surface area contributed by atoms with Crippen LogP contribution in [0.4, 0.5) is 5.69 Å². The number of carboxylic acids is 1. The largest absolute Gasteiger partial charge is 0.478 e. The Morgan fingerprint density at radius 3 is 2.29 bits per heavy atom. The van der Waals surface area contributed by atoms with Crippen molar-refractivity contribution in [3.8, 4) is 0 Å². The van der Waals surface area contributed by atoms with Crippen LogP contribution in [0.25, 0.3) is 0 Å². The molecule has 1 saturated carbocycles. The molecule has 1 aliphatic rings. The lowest BCUT2D eigenvalue weighted by atomic mass is 10.1. The number of carbonyl (C=O) groups is 3. The highest BCUT2D eigenvalue weighted by atomic mass is 16.4. The summed E-state index contributed by atoms with van der Waals surface area (Å²) in [6, 6.07) is 11.6. The topological polar surface area (TPSA) is 95.5 Å². The maximum absolute atomic E-state index is 12.5. The summed E-state index contributed by atoms with van der Waals surface area (Å²) in [4.78, 5) is 35.7. The molecule has 1 fully saturated rings. The molecule has 1 aliphatic carbocycles. The van der Waals surface area contributed by atoms with Gasteiger partial charge in [0.2, 0.25) is 5.91 Å². The maximum atomic E-state index is 12.5. The summed E-state index contributed by atoms with van der Waals surface area (Å²) in [5.41, 5.74) is 2.76. The number of benzene rings is 2. The van der Waals surface area contributed by atoms with E-state index < -0.39 is 5.97 Å². The van der Waals surface area contributed by atoms with E-state index in [4.69, 9.17) is 5.11 Å². The molecule has 2 aromatic rings. The standard InChI is InChI=1S/C22H24N2O4/c1-14-6-9-18(22(27)28)12-19(14)24-21(26)17-10-7-15(8-11-17)13-23-20(25)16-4-2-3-5-16/h6-12,16H,2-5,13H2,1H3,(H,23,25)(H,24,26)(H,27,28). The first-order valence-corrected chi connectivity index (χ1v) is 9.46. The first-order chi connectivity index (χ1) is 13.4. The molecular formula is C22H24N2O4. The Morgan fingerprint density at radius 2 is 1.64 bits per heavy atom. The lowest BCUT2D eigenvalue weighted by Gasteiger charge is -2.11. The fourth-order valence-electron chi connectivity index (χ4n) is 3.38. The van der Waals surface area contributed by atoms with Crippen LogP contribution in [0, 0.1) is 12.8 Å². The van der Waals surface area contributed by atoms with Crippen LogP contribution in [-0.4, -0.2) is 22.9 Å². The summed E-state index contributed by atoms with van der Waals surface area (Å²) < 4.78 is 0. The van der Waals surface area contributed by atoms with Crippen LogP contribution in [-0.2, 0) is 11.3 Å². The molecule has 0 spiro atoms. The number of amides is 2. The molecule has 2 aromatic carbocycles. The van der Waals surface area contributed by atoms with Crippen LogP contribution in [0.1, 0.15) is 57.5 Å². The quantitative estimate of drug-likeness (QED) is 0.711. The highest BCUT2D eigenvalue weighted by Gasteiger charge is 2.22. The minimum atomic E-state index is -1.04. The van der Waals surface area contributed by atoms with Gasteiger partial charge in [0.25, 0.3) is 5.91 Å². The molecule has 0 aromatic heterocycles. The van der Waals surface area contributed by atoms with Crippen molar-refractivity contribution in [3.05, 3.63) is 64.7 Å². The number of nitrogens with one attached hydrogen (secondary N) is 2. The first-order valence-electron chi connectivity index (χ1n) is 9.46. The van der Waals surface area contributed by atoms with Gasteiger partial charge in [-0.2, -0.15) is 0 Å². The second-order valence-electron chi connectivity index (χ2n) is 7.19. The van der Waals surface area contributed by atoms with Gasteiger partial charge < -0.3 is 15.7 Å². The number of rotatable bonds is 6. The third-order valence-electron chi connectivity index (χ3n) is 5.14. The SMILES string of the molecule is Cc1ccc(C(=O)O)cc1NC(=O)c1ccc(CNC(=O)C2CCCC2)cc1. The average molecular weight is 380 g/mol. The van der Waals surface area contributed by atoms with E-state index >= 15 is 0 Å². The number of carboxylic acid groups (broad SMARTS) is 1. The third kappa shape index (κ3) is 4.76. The molecule has 6 nitrogen and oxygen atoms in total. The van der Waals surface area contributed by atoms with Gasteiger partial charge in [0.1, 0.15) is 0 Å². The van der Waals surface area contributed by atoms with Crippen molar-refractivity contribution in [1.29, 1.82) is 0 Å². The lowest BCUT2D eigenvalue weighted by molar-refractivity contribution is -0.124. The fraction of sp³-hybridized carbons (Fsp3) is 0.318. The summed E-state index contributed by atoms with van der Waals surface area (Å²) in [6.07, 6.45) is 4.17. The van der Waals surface area contributed by atoms with Crippen molar-refractivity contribution >= 4 is 23.5 Å². The lowest BCUT2D eigenvalue weighted by Crippen LogP contribution is -2.28. The van der Waals surface area contributed by atoms with Crippen LogP contribution in [0.15, 0.2) is 42.5 Å². The van der Waals surface area contributed by atoms with Gasteiger partial charge in [-0.3, -0.25) is 9.59 Å². The van der Waals surface area contributed by atoms with Crippen molar-refractivity contribution in [2.75, 3.05) is 5.32 Å². The summed E-state index contributed by atoms with van der Waals surface area (Å²) in [7, 11) is 0. The van der Waals surface area contributed by atoms with E-state index in [0.29, 0.717) is 17.8 Å². The Balaban J connectivity index is 1.60. The number of carbonyl (C=O) groups excluding carboxylic acids is 2. The van der Waals surface area contributed by atoms with E-state index in [2.05, 4.69) is 10.6 Å². The van der Waals surface area contributed by atoms with Gasteiger partial charge in [-0.05, 0) is 55.2 Å². The van der Waals surface area contributed by atoms with E-state index in [1.54, 1.807) is 25.1 Å². The summed E-state index contributed by atoms with van der Waals surface area (Å²) >= 11 is 0. The molecule has 0 aliphatic heterocycles. The highest BCUT2D eigenvalue weighted by molar-refractivity contribution is 6.05. The molecule has 0 bridgehead atoms. The number of aryl methyl sites for hydroxylation is 1. The van der Waals surface area contributed by atoms with Crippen molar-refractivity contribution < 1.29 is 19.5 Å². The molecule has 6 heteroatoms. The Morgan fingerprint density at radius 1 is 1.00 bits per heavy atom. The Labute approximate surface area is 164 Å². The van der Waals surface area contributed by atoms with E-state index in [1.165, 1.54) is 12.1 Å². The highest BCUT2D eigenvalue weighted by Crippen LogP contribution is 2.24. The van der Waals surface area contributed by atoms with Crippen molar-refractivity contribution in [1.82, 2.24) is 5.32 Å². The maximum Gasteiger partial charge on any atom is 0.335 e. The zero-order chi connectivity index (χ0) is 20.1. The minimum Gasteiger partial charge on any atom is -0.478 e. The molecule has 28 heavy (non-hydrogen) atoms. The zero-order valence-corrected chi connectivity index (χ0v) is 15.8. The molecular weight excluding hydrogens is 356 g/mol. The van der Waals surface area contributed by atoms with Gasteiger partial charge in [0, 0.05) is 23.7 Å². The number of anilines is 1. The minimum absolute atomic E-state index is 0.105. The summed E-state index contributed by atoms with van der Waals surface area (Å²) in [5, 5.41) is 14.8. The van der Waals surface area contributed by atoms with E-state index in [9.17, 15) is 14.4 Å². The Hall–Kier alpha value is -3.15. The van der Waals surface area contributed by atoms with Crippen LogP contribution in [0.3, 0.4) is 0 Å². The molecule has 0 unspecified atom stereocenters. The zero-order valence-electron chi connectivity index (χ0n) is 15.8. The molecule has 3 rings (SSSR count). The van der Waals surface area contributed by atoms with Gasteiger partial charge in [-0.15, -0.1) is 0 Å². The smallest absolute Gasteiger partial charge is 0.335 e. The fourth-order valence-corrected chi connectivity index (χ4v) is 3.38.